The highest BCUT2D eigenvalue weighted by atomic mass is 79.9. The Hall–Kier alpha value is -1.03. The van der Waals surface area contributed by atoms with Gasteiger partial charge in [0, 0.05) is 10.9 Å². The molecule has 0 bridgehead atoms. The van der Waals surface area contributed by atoms with Crippen LogP contribution in [0, 0.1) is 0 Å². The number of benzene rings is 1. The van der Waals surface area contributed by atoms with E-state index in [9.17, 15) is 4.79 Å². The van der Waals surface area contributed by atoms with E-state index in [0.717, 1.165) is 11.3 Å². The Morgan fingerprint density at radius 3 is 2.65 bits per heavy atom. The normalized spacial score (nSPS) is 11.9. The fourth-order valence-electron chi connectivity index (χ4n) is 1.42. The third-order valence-corrected chi connectivity index (χ3v) is 2.91. The zero-order chi connectivity index (χ0) is 12.7. The Labute approximate surface area is 110 Å². The van der Waals surface area contributed by atoms with Gasteiger partial charge in [-0.1, -0.05) is 41.1 Å². The number of carbonyl (C=O) groups excluding carboxylic acids is 1. The molecule has 1 atom stereocenters. The van der Waals surface area contributed by atoms with Gasteiger partial charge in [0.2, 0.25) is 0 Å². The second kappa shape index (κ2) is 7.33. The molecule has 0 aliphatic rings. The van der Waals surface area contributed by atoms with Crippen LogP contribution in [0.2, 0.25) is 0 Å². The molecular formula is C13H17BrO3. The standard InChI is InChI=1S/C13H17BrO3/c1-3-11(13(15)16-4-2)17-12-8-6-5-7-10(12)9-14/h5-8,11H,3-4,9H2,1-2H3. The summed E-state index contributed by atoms with van der Waals surface area (Å²) < 4.78 is 10.7. The van der Waals surface area contributed by atoms with Crippen molar-refractivity contribution in [3.8, 4) is 5.75 Å². The lowest BCUT2D eigenvalue weighted by Gasteiger charge is -2.17. The molecule has 17 heavy (non-hydrogen) atoms. The van der Waals surface area contributed by atoms with Crippen molar-refractivity contribution >= 4 is 21.9 Å². The Morgan fingerprint density at radius 1 is 1.35 bits per heavy atom. The van der Waals surface area contributed by atoms with Crippen molar-refractivity contribution in [3.63, 3.8) is 0 Å². The molecule has 0 saturated carbocycles. The highest BCUT2D eigenvalue weighted by Gasteiger charge is 2.20. The number of hydrogen-bond acceptors (Lipinski definition) is 3. The van der Waals surface area contributed by atoms with Crippen LogP contribution in [0.25, 0.3) is 0 Å². The van der Waals surface area contributed by atoms with E-state index in [1.807, 2.05) is 31.2 Å². The molecule has 0 radical (unpaired) electrons. The summed E-state index contributed by atoms with van der Waals surface area (Å²) in [5.74, 6) is 0.420. The summed E-state index contributed by atoms with van der Waals surface area (Å²) in [5, 5.41) is 0.697. The lowest BCUT2D eigenvalue weighted by molar-refractivity contribution is -0.151. The van der Waals surface area contributed by atoms with E-state index >= 15 is 0 Å². The van der Waals surface area contributed by atoms with Crippen LogP contribution in [-0.4, -0.2) is 18.7 Å². The predicted molar refractivity (Wildman–Crippen MR) is 70.4 cm³/mol. The van der Waals surface area contributed by atoms with Crippen LogP contribution in [0.4, 0.5) is 0 Å². The molecule has 0 saturated heterocycles. The topological polar surface area (TPSA) is 35.5 Å². The zero-order valence-corrected chi connectivity index (χ0v) is 11.7. The first-order valence-electron chi connectivity index (χ1n) is 5.70. The molecule has 0 fully saturated rings. The Bertz CT molecular complexity index is 365. The summed E-state index contributed by atoms with van der Waals surface area (Å²) in [7, 11) is 0. The molecule has 1 aromatic rings. The van der Waals surface area contributed by atoms with Gasteiger partial charge in [0.15, 0.2) is 6.10 Å². The van der Waals surface area contributed by atoms with Crippen molar-refractivity contribution < 1.29 is 14.3 Å². The van der Waals surface area contributed by atoms with Gasteiger partial charge < -0.3 is 9.47 Å². The minimum atomic E-state index is -0.532. The van der Waals surface area contributed by atoms with E-state index in [0.29, 0.717) is 18.4 Å². The molecule has 0 aliphatic heterocycles. The molecule has 1 unspecified atom stereocenters. The molecule has 0 N–H and O–H groups in total. The molecule has 94 valence electrons. The van der Waals surface area contributed by atoms with Gasteiger partial charge >= 0.3 is 5.97 Å². The molecule has 1 rings (SSSR count). The van der Waals surface area contributed by atoms with Crippen molar-refractivity contribution in [2.24, 2.45) is 0 Å². The van der Waals surface area contributed by atoms with E-state index in [2.05, 4.69) is 15.9 Å². The summed E-state index contributed by atoms with van der Waals surface area (Å²) in [4.78, 5) is 11.6. The Kier molecular flexibility index (Phi) is 6.05. The van der Waals surface area contributed by atoms with Crippen molar-refractivity contribution in [1.82, 2.24) is 0 Å². The largest absolute Gasteiger partial charge is 0.478 e. The van der Waals surface area contributed by atoms with Crippen molar-refractivity contribution in [3.05, 3.63) is 29.8 Å². The highest BCUT2D eigenvalue weighted by molar-refractivity contribution is 9.08. The summed E-state index contributed by atoms with van der Waals surface area (Å²) in [6.07, 6.45) is 0.0604. The van der Waals surface area contributed by atoms with Gasteiger partial charge in [-0.3, -0.25) is 0 Å². The predicted octanol–water partition coefficient (Wildman–Crippen LogP) is 3.30. The first-order chi connectivity index (χ1) is 8.22. The van der Waals surface area contributed by atoms with E-state index in [1.54, 1.807) is 6.92 Å². The average molecular weight is 301 g/mol. The summed E-state index contributed by atoms with van der Waals surface area (Å²) in [5.41, 5.74) is 1.02. The van der Waals surface area contributed by atoms with Crippen LogP contribution in [0.15, 0.2) is 24.3 Å². The van der Waals surface area contributed by atoms with Crippen molar-refractivity contribution in [1.29, 1.82) is 0 Å². The van der Waals surface area contributed by atoms with Crippen LogP contribution < -0.4 is 4.74 Å². The number of rotatable bonds is 6. The third kappa shape index (κ3) is 4.04. The van der Waals surface area contributed by atoms with E-state index < -0.39 is 6.10 Å². The van der Waals surface area contributed by atoms with Crippen LogP contribution in [-0.2, 0) is 14.9 Å². The molecule has 0 spiro atoms. The maximum absolute atomic E-state index is 11.6. The molecule has 0 aliphatic carbocycles. The van der Waals surface area contributed by atoms with Gasteiger partial charge in [0.1, 0.15) is 5.75 Å². The average Bonchev–Trinajstić information content (AvgIpc) is 2.36. The number of ether oxygens (including phenoxy) is 2. The maximum Gasteiger partial charge on any atom is 0.347 e. The van der Waals surface area contributed by atoms with Crippen molar-refractivity contribution in [2.45, 2.75) is 31.7 Å². The Morgan fingerprint density at radius 2 is 2.06 bits per heavy atom. The molecule has 0 amide bonds. The van der Waals surface area contributed by atoms with Crippen LogP contribution >= 0.6 is 15.9 Å². The lowest BCUT2D eigenvalue weighted by Crippen LogP contribution is -2.29. The molecule has 3 nitrogen and oxygen atoms in total. The summed E-state index contributed by atoms with van der Waals surface area (Å²) in [6.45, 7) is 4.06. The number of carbonyl (C=O) groups is 1. The van der Waals surface area contributed by atoms with Gasteiger partial charge in [0.25, 0.3) is 0 Å². The smallest absolute Gasteiger partial charge is 0.347 e. The van der Waals surface area contributed by atoms with Gasteiger partial charge in [-0.25, -0.2) is 4.79 Å². The SMILES string of the molecule is CCOC(=O)C(CC)Oc1ccccc1CBr. The first kappa shape index (κ1) is 14.0. The van der Waals surface area contributed by atoms with Crippen molar-refractivity contribution in [2.75, 3.05) is 6.61 Å². The number of alkyl halides is 1. The second-order valence-electron chi connectivity index (χ2n) is 3.51. The summed E-state index contributed by atoms with van der Waals surface area (Å²) in [6, 6.07) is 7.65. The van der Waals surface area contributed by atoms with Gasteiger partial charge in [-0.05, 0) is 19.4 Å². The lowest BCUT2D eigenvalue weighted by atomic mass is 10.2. The Balaban J connectivity index is 2.76. The number of esters is 1. The minimum Gasteiger partial charge on any atom is -0.478 e. The monoisotopic (exact) mass is 300 g/mol. The molecule has 4 heteroatoms. The van der Waals surface area contributed by atoms with Crippen LogP contribution in [0.3, 0.4) is 0 Å². The van der Waals surface area contributed by atoms with Gasteiger partial charge in [0.05, 0.1) is 6.61 Å². The van der Waals surface area contributed by atoms with Crippen LogP contribution in [0.5, 0.6) is 5.75 Å². The quantitative estimate of drug-likeness (QED) is 0.597. The number of hydrogen-bond donors (Lipinski definition) is 0. The molecule has 0 aromatic heterocycles. The zero-order valence-electron chi connectivity index (χ0n) is 10.1. The number of halogens is 1. The molecule has 0 heterocycles. The van der Waals surface area contributed by atoms with Gasteiger partial charge in [-0.2, -0.15) is 0 Å². The minimum absolute atomic E-state index is 0.306. The maximum atomic E-state index is 11.6. The van der Waals surface area contributed by atoms with E-state index in [4.69, 9.17) is 9.47 Å². The van der Waals surface area contributed by atoms with E-state index in [-0.39, 0.29) is 5.97 Å². The van der Waals surface area contributed by atoms with Gasteiger partial charge in [-0.15, -0.1) is 0 Å². The molecule has 1 aromatic carbocycles. The third-order valence-electron chi connectivity index (χ3n) is 2.31. The number of para-hydroxylation sites is 1. The highest BCUT2D eigenvalue weighted by Crippen LogP contribution is 2.22. The van der Waals surface area contributed by atoms with Crippen LogP contribution in [0.1, 0.15) is 25.8 Å². The summed E-state index contributed by atoms with van der Waals surface area (Å²) >= 11 is 3.39. The fourth-order valence-corrected chi connectivity index (χ4v) is 1.88. The first-order valence-corrected chi connectivity index (χ1v) is 6.82. The van der Waals surface area contributed by atoms with E-state index in [1.165, 1.54) is 0 Å². The second-order valence-corrected chi connectivity index (χ2v) is 4.07. The molecular weight excluding hydrogens is 284 g/mol. The fraction of sp³-hybridized carbons (Fsp3) is 0.462.